The molecule has 0 radical (unpaired) electrons. The van der Waals surface area contributed by atoms with Crippen molar-refractivity contribution in [2.45, 2.75) is 44.0 Å². The number of carboxylic acid groups (broad SMARTS) is 1. The minimum atomic E-state index is -5.09. The molecule has 3 rings (SSSR count). The van der Waals surface area contributed by atoms with Gasteiger partial charge in [-0.15, -0.1) is 5.10 Å². The number of aliphatic hydroxyl groups is 1. The summed E-state index contributed by atoms with van der Waals surface area (Å²) in [6.45, 7) is -1.38. The van der Waals surface area contributed by atoms with Crippen LogP contribution in [0, 0.1) is 0 Å². The van der Waals surface area contributed by atoms with Crippen molar-refractivity contribution in [2.24, 2.45) is 0 Å². The number of amides is 1. The second-order valence-electron chi connectivity index (χ2n) is 8.50. The van der Waals surface area contributed by atoms with E-state index >= 15 is 0 Å². The summed E-state index contributed by atoms with van der Waals surface area (Å²) >= 11 is 5.81. The quantitative estimate of drug-likeness (QED) is 0.351. The summed E-state index contributed by atoms with van der Waals surface area (Å²) in [6, 6.07) is 8.57. The predicted molar refractivity (Wildman–Crippen MR) is 124 cm³/mol. The number of carboxylic acids is 1. The first-order valence-corrected chi connectivity index (χ1v) is 11.2. The number of carbonyl (C=O) groups is 2. The van der Waals surface area contributed by atoms with Gasteiger partial charge < -0.3 is 15.5 Å². The van der Waals surface area contributed by atoms with Crippen LogP contribution in [0.2, 0.25) is 5.02 Å². The van der Waals surface area contributed by atoms with E-state index in [9.17, 15) is 50.9 Å². The van der Waals surface area contributed by atoms with Gasteiger partial charge in [-0.3, -0.25) is 9.36 Å². The fraction of sp³-hybridized carbons (Fsp3) is 0.304. The average Bonchev–Trinajstić information content (AvgIpc) is 3.13. The molecule has 0 spiro atoms. The maximum Gasteiger partial charge on any atom is 0.416 e. The molecular weight excluding hydrogens is 562 g/mol. The Kier molecular flexibility index (Phi) is 8.17. The van der Waals surface area contributed by atoms with Crippen LogP contribution < -0.4 is 11.0 Å². The van der Waals surface area contributed by atoms with E-state index in [-0.39, 0.29) is 16.4 Å². The Balaban J connectivity index is 1.98. The van der Waals surface area contributed by atoms with Crippen LogP contribution in [0.3, 0.4) is 0 Å². The number of hydrogen-bond donors (Lipinski definition) is 3. The first-order chi connectivity index (χ1) is 17.9. The first-order valence-electron chi connectivity index (χ1n) is 10.8. The number of rotatable bonds is 8. The summed E-state index contributed by atoms with van der Waals surface area (Å²) < 4.78 is 79.3. The standard InChI is InChI=1S/C23H19ClF6N4O5/c1-21(19(37)38,13-3-2-4-14(9-13)22(25,26)27)31-17(36)11-34-20(39)33(10-16(35)23(28,29)30)18(32-34)12-5-7-15(24)8-6-12/h2-9,16,35H,10-11H2,1H3,(H,31,36)(H,37,38)/t16-,21?/m0/s1. The third-order valence-electron chi connectivity index (χ3n) is 5.64. The molecule has 210 valence electrons. The van der Waals surface area contributed by atoms with Crippen LogP contribution in [0.4, 0.5) is 26.3 Å². The molecule has 1 amide bonds. The molecule has 2 aromatic carbocycles. The lowest BCUT2D eigenvalue weighted by Gasteiger charge is -2.27. The molecule has 2 atom stereocenters. The van der Waals surface area contributed by atoms with Crippen LogP contribution in [0.25, 0.3) is 11.4 Å². The van der Waals surface area contributed by atoms with E-state index in [1.165, 1.54) is 24.3 Å². The second-order valence-corrected chi connectivity index (χ2v) is 8.93. The molecular formula is C23H19ClF6N4O5. The molecule has 16 heteroatoms. The summed E-state index contributed by atoms with van der Waals surface area (Å²) in [5.41, 5.74) is -5.16. The van der Waals surface area contributed by atoms with E-state index in [4.69, 9.17) is 11.6 Å². The molecule has 1 heterocycles. The lowest BCUT2D eigenvalue weighted by atomic mass is 9.90. The molecule has 0 aliphatic carbocycles. The topological polar surface area (TPSA) is 126 Å². The van der Waals surface area contributed by atoms with Gasteiger partial charge in [-0.05, 0) is 48.9 Å². The van der Waals surface area contributed by atoms with Crippen LogP contribution >= 0.6 is 11.6 Å². The number of nitrogens with zero attached hydrogens (tertiary/aromatic N) is 3. The van der Waals surface area contributed by atoms with Crippen molar-refractivity contribution in [3.63, 3.8) is 0 Å². The van der Waals surface area contributed by atoms with Crippen molar-refractivity contribution in [1.82, 2.24) is 19.7 Å². The maximum atomic E-state index is 13.1. The number of aliphatic carboxylic acids is 1. The van der Waals surface area contributed by atoms with E-state index in [1.54, 1.807) is 0 Å². The highest BCUT2D eigenvalue weighted by atomic mass is 35.5. The van der Waals surface area contributed by atoms with Gasteiger partial charge in [0.25, 0.3) is 0 Å². The van der Waals surface area contributed by atoms with Gasteiger partial charge in [0.1, 0.15) is 6.54 Å². The lowest BCUT2D eigenvalue weighted by Crippen LogP contribution is -2.51. The Morgan fingerprint density at radius 1 is 1.05 bits per heavy atom. The Morgan fingerprint density at radius 3 is 2.18 bits per heavy atom. The Morgan fingerprint density at radius 2 is 1.64 bits per heavy atom. The van der Waals surface area contributed by atoms with E-state index in [0.717, 1.165) is 19.1 Å². The average molecular weight is 581 g/mol. The van der Waals surface area contributed by atoms with Crippen molar-refractivity contribution in [3.8, 4) is 11.4 Å². The van der Waals surface area contributed by atoms with E-state index in [2.05, 4.69) is 5.10 Å². The Labute approximate surface area is 220 Å². The van der Waals surface area contributed by atoms with Crippen molar-refractivity contribution >= 4 is 23.5 Å². The Hall–Kier alpha value is -3.85. The van der Waals surface area contributed by atoms with Gasteiger partial charge in [-0.1, -0.05) is 23.7 Å². The van der Waals surface area contributed by atoms with Gasteiger partial charge in [0.15, 0.2) is 17.5 Å². The van der Waals surface area contributed by atoms with Gasteiger partial charge >= 0.3 is 24.0 Å². The molecule has 0 saturated heterocycles. The third-order valence-corrected chi connectivity index (χ3v) is 5.89. The fourth-order valence-electron chi connectivity index (χ4n) is 3.51. The van der Waals surface area contributed by atoms with Gasteiger partial charge in [0, 0.05) is 10.6 Å². The molecule has 0 aliphatic heterocycles. The molecule has 0 aliphatic rings. The zero-order valence-corrected chi connectivity index (χ0v) is 20.5. The highest BCUT2D eigenvalue weighted by molar-refractivity contribution is 6.30. The zero-order valence-electron chi connectivity index (χ0n) is 19.7. The summed E-state index contributed by atoms with van der Waals surface area (Å²) in [6.07, 6.45) is -12.9. The lowest BCUT2D eigenvalue weighted by molar-refractivity contribution is -0.207. The highest BCUT2D eigenvalue weighted by Crippen LogP contribution is 2.32. The normalized spacial score (nSPS) is 14.5. The van der Waals surface area contributed by atoms with Gasteiger partial charge in [0.2, 0.25) is 5.91 Å². The van der Waals surface area contributed by atoms with Crippen molar-refractivity contribution in [1.29, 1.82) is 0 Å². The summed E-state index contributed by atoms with van der Waals surface area (Å²) in [5, 5.41) is 25.4. The number of aromatic nitrogens is 3. The van der Waals surface area contributed by atoms with Gasteiger partial charge in [0.05, 0.1) is 12.1 Å². The number of alkyl halides is 6. The van der Waals surface area contributed by atoms with E-state index in [0.29, 0.717) is 21.4 Å². The number of hydrogen-bond acceptors (Lipinski definition) is 5. The van der Waals surface area contributed by atoms with Crippen LogP contribution in [-0.4, -0.2) is 48.7 Å². The molecule has 39 heavy (non-hydrogen) atoms. The number of nitrogens with one attached hydrogen (secondary N) is 1. The highest BCUT2D eigenvalue weighted by Gasteiger charge is 2.41. The van der Waals surface area contributed by atoms with E-state index < -0.39 is 65.8 Å². The fourth-order valence-corrected chi connectivity index (χ4v) is 3.63. The molecule has 0 bridgehead atoms. The smallest absolute Gasteiger partial charge is 0.416 e. The van der Waals surface area contributed by atoms with Crippen LogP contribution in [0.1, 0.15) is 18.1 Å². The number of benzene rings is 2. The van der Waals surface area contributed by atoms with Crippen molar-refractivity contribution < 1.29 is 46.1 Å². The number of carbonyl (C=O) groups excluding carboxylic acids is 1. The van der Waals surface area contributed by atoms with E-state index in [1.807, 2.05) is 5.32 Å². The first kappa shape index (κ1) is 29.7. The number of aliphatic hydroxyl groups excluding tert-OH is 1. The largest absolute Gasteiger partial charge is 0.479 e. The van der Waals surface area contributed by atoms with Crippen molar-refractivity contribution in [3.05, 3.63) is 75.2 Å². The van der Waals surface area contributed by atoms with Gasteiger partial charge in [-0.25, -0.2) is 14.3 Å². The second kappa shape index (κ2) is 10.7. The molecule has 3 aromatic rings. The summed E-state index contributed by atoms with van der Waals surface area (Å²) in [5.74, 6) is -3.31. The molecule has 0 fully saturated rings. The minimum Gasteiger partial charge on any atom is -0.479 e. The predicted octanol–water partition coefficient (Wildman–Crippen LogP) is 3.42. The van der Waals surface area contributed by atoms with Gasteiger partial charge in [-0.2, -0.15) is 26.3 Å². The zero-order chi connectivity index (χ0) is 29.3. The van der Waals surface area contributed by atoms with Crippen LogP contribution in [0.5, 0.6) is 0 Å². The summed E-state index contributed by atoms with van der Waals surface area (Å²) in [4.78, 5) is 37.7. The number of halogens is 7. The third kappa shape index (κ3) is 6.60. The maximum absolute atomic E-state index is 13.1. The van der Waals surface area contributed by atoms with Crippen molar-refractivity contribution in [2.75, 3.05) is 0 Å². The molecule has 9 nitrogen and oxygen atoms in total. The Bertz CT molecular complexity index is 1430. The monoisotopic (exact) mass is 580 g/mol. The summed E-state index contributed by atoms with van der Waals surface area (Å²) in [7, 11) is 0. The molecule has 1 aromatic heterocycles. The van der Waals surface area contributed by atoms with Crippen LogP contribution in [0.15, 0.2) is 53.3 Å². The SMILES string of the molecule is CC(NC(=O)Cn1nc(-c2ccc(Cl)cc2)n(C[C@H](O)C(F)(F)F)c1=O)(C(=O)O)c1cccc(C(F)(F)F)c1. The minimum absolute atomic E-state index is 0.101. The molecule has 0 saturated carbocycles. The molecule has 1 unspecified atom stereocenters. The molecule has 3 N–H and O–H groups in total. The van der Waals surface area contributed by atoms with Crippen LogP contribution in [-0.2, 0) is 34.4 Å².